The van der Waals surface area contributed by atoms with Crippen LogP contribution in [0.3, 0.4) is 0 Å². The van der Waals surface area contributed by atoms with Gasteiger partial charge in [0, 0.05) is 28.8 Å². The van der Waals surface area contributed by atoms with E-state index >= 15 is 0 Å². The normalized spacial score (nSPS) is 14.1. The molecule has 0 bridgehead atoms. The summed E-state index contributed by atoms with van der Waals surface area (Å²) in [7, 11) is 0. The van der Waals surface area contributed by atoms with Gasteiger partial charge in [-0.05, 0) is 51.3 Å². The Kier molecular flexibility index (Phi) is 7.00. The van der Waals surface area contributed by atoms with Gasteiger partial charge in [0.25, 0.3) is 0 Å². The molecule has 0 spiro atoms. The van der Waals surface area contributed by atoms with E-state index in [9.17, 15) is 14.7 Å². The first-order valence-electron chi connectivity index (χ1n) is 11.4. The Labute approximate surface area is 200 Å². The molecule has 0 radical (unpaired) electrons. The lowest BCUT2D eigenvalue weighted by Crippen LogP contribution is -2.31. The highest BCUT2D eigenvalue weighted by molar-refractivity contribution is 6.04. The summed E-state index contributed by atoms with van der Waals surface area (Å²) >= 11 is 0. The fourth-order valence-corrected chi connectivity index (χ4v) is 4.07. The molecule has 1 aromatic carbocycles. The third kappa shape index (κ3) is 4.90. The van der Waals surface area contributed by atoms with Crippen LogP contribution in [0.5, 0.6) is 11.5 Å². The van der Waals surface area contributed by atoms with Crippen LogP contribution in [0.1, 0.15) is 73.1 Å². The number of carbonyl (C=O) groups is 2. The number of amidine groups is 1. The minimum atomic E-state index is -1.06. The van der Waals surface area contributed by atoms with Crippen LogP contribution in [0.15, 0.2) is 18.2 Å². The Balaban J connectivity index is 1.86. The summed E-state index contributed by atoms with van der Waals surface area (Å²) in [6.07, 6.45) is -1.01. The summed E-state index contributed by atoms with van der Waals surface area (Å²) in [5, 5.41) is 17.8. The fourth-order valence-electron chi connectivity index (χ4n) is 4.07. The van der Waals surface area contributed by atoms with Gasteiger partial charge in [0.15, 0.2) is 11.9 Å². The first-order valence-corrected chi connectivity index (χ1v) is 11.4. The van der Waals surface area contributed by atoms with Gasteiger partial charge in [0.1, 0.15) is 23.0 Å². The van der Waals surface area contributed by atoms with E-state index in [2.05, 4.69) is 4.98 Å². The molecule has 2 heterocycles. The van der Waals surface area contributed by atoms with E-state index in [0.717, 1.165) is 28.1 Å². The molecule has 8 heteroatoms. The minimum Gasteiger partial charge on any atom is -0.492 e. The molecule has 0 saturated carbocycles. The monoisotopic (exact) mass is 467 g/mol. The zero-order chi connectivity index (χ0) is 25.4. The molecular weight excluding hydrogens is 434 g/mol. The van der Waals surface area contributed by atoms with Gasteiger partial charge >= 0.3 is 5.97 Å². The van der Waals surface area contributed by atoms with Gasteiger partial charge in [-0.25, -0.2) is 9.78 Å². The molecule has 182 valence electrons. The number of aromatic nitrogens is 1. The maximum absolute atomic E-state index is 13.2. The van der Waals surface area contributed by atoms with Gasteiger partial charge in [-0.3, -0.25) is 10.2 Å². The number of ether oxygens (including phenoxy) is 2. The van der Waals surface area contributed by atoms with E-state index in [0.29, 0.717) is 30.2 Å². The molecule has 1 atom stereocenters. The molecular formula is C26H33N3O5. The lowest BCUT2D eigenvalue weighted by atomic mass is 9.85. The summed E-state index contributed by atoms with van der Waals surface area (Å²) in [5.41, 5.74) is 4.06. The summed E-state index contributed by atoms with van der Waals surface area (Å²) in [6.45, 7) is 14.1. The number of ketones is 1. The zero-order valence-corrected chi connectivity index (χ0v) is 20.9. The summed E-state index contributed by atoms with van der Waals surface area (Å²) in [6, 6.07) is 5.07. The fraction of sp³-hybridized carbons (Fsp3) is 0.462. The number of benzene rings is 1. The molecule has 3 rings (SSSR count). The van der Waals surface area contributed by atoms with Crippen LogP contribution in [0, 0.1) is 19.3 Å². The summed E-state index contributed by atoms with van der Waals surface area (Å²) in [5.74, 6) is 0.213. The molecule has 1 unspecified atom stereocenters. The topological polar surface area (TPSA) is 113 Å². The molecule has 2 N–H and O–H groups in total. The van der Waals surface area contributed by atoms with E-state index in [1.54, 1.807) is 23.1 Å². The SMILES string of the molecule is CCOc1c(C)nc2c(c1C)CN(CC(=O)c1ccc(OC(C)C(=O)O)c(C(C)(C)C)c1)C2=N. The number of aryl methyl sites for hydroxylation is 1. The number of rotatable bonds is 8. The average Bonchev–Trinajstić information content (AvgIpc) is 3.06. The predicted molar refractivity (Wildman–Crippen MR) is 129 cm³/mol. The van der Waals surface area contributed by atoms with Crippen LogP contribution >= 0.6 is 0 Å². The van der Waals surface area contributed by atoms with Crippen molar-refractivity contribution in [2.45, 2.75) is 66.5 Å². The molecule has 1 aromatic heterocycles. The maximum atomic E-state index is 13.2. The predicted octanol–water partition coefficient (Wildman–Crippen LogP) is 4.27. The quantitative estimate of drug-likeness (QED) is 0.558. The minimum absolute atomic E-state index is 0.0347. The Morgan fingerprint density at radius 3 is 2.53 bits per heavy atom. The molecule has 1 aliphatic heterocycles. The lowest BCUT2D eigenvalue weighted by molar-refractivity contribution is -0.144. The second kappa shape index (κ2) is 9.44. The zero-order valence-electron chi connectivity index (χ0n) is 20.9. The number of hydrogen-bond donors (Lipinski definition) is 2. The number of carboxylic acids is 1. The largest absolute Gasteiger partial charge is 0.492 e. The standard InChI is InChI=1S/C26H33N3O5/c1-8-33-23-14(2)18-12-29(24(27)22(18)28-15(23)3)13-20(30)17-9-10-21(34-16(4)25(31)32)19(11-17)26(5,6)7/h9-11,16,27H,8,12-13H2,1-7H3,(H,31,32). The van der Waals surface area contributed by atoms with Crippen LogP contribution in [0.2, 0.25) is 0 Å². The third-order valence-corrected chi connectivity index (χ3v) is 5.96. The number of fused-ring (bicyclic) bond motifs is 1. The van der Waals surface area contributed by atoms with Gasteiger partial charge in [0.2, 0.25) is 0 Å². The van der Waals surface area contributed by atoms with Gasteiger partial charge in [0.05, 0.1) is 18.8 Å². The van der Waals surface area contributed by atoms with Crippen molar-refractivity contribution in [2.24, 2.45) is 0 Å². The number of hydrogen-bond acceptors (Lipinski definition) is 6. The number of aliphatic carboxylic acids is 1. The Hall–Kier alpha value is -3.42. The van der Waals surface area contributed by atoms with E-state index in [1.807, 2.05) is 41.5 Å². The number of pyridine rings is 1. The second-order valence-electron chi connectivity index (χ2n) is 9.60. The van der Waals surface area contributed by atoms with Crippen molar-refractivity contribution in [3.05, 3.63) is 51.8 Å². The Morgan fingerprint density at radius 2 is 1.94 bits per heavy atom. The molecule has 34 heavy (non-hydrogen) atoms. The second-order valence-corrected chi connectivity index (χ2v) is 9.60. The van der Waals surface area contributed by atoms with Gasteiger partial charge in [-0.15, -0.1) is 0 Å². The van der Waals surface area contributed by atoms with Crippen molar-refractivity contribution >= 4 is 17.6 Å². The van der Waals surface area contributed by atoms with Crippen LogP contribution < -0.4 is 9.47 Å². The van der Waals surface area contributed by atoms with Crippen molar-refractivity contribution in [2.75, 3.05) is 13.2 Å². The smallest absolute Gasteiger partial charge is 0.344 e. The highest BCUT2D eigenvalue weighted by atomic mass is 16.5. The lowest BCUT2D eigenvalue weighted by Gasteiger charge is -2.25. The van der Waals surface area contributed by atoms with Gasteiger partial charge in [-0.2, -0.15) is 0 Å². The molecule has 0 amide bonds. The van der Waals surface area contributed by atoms with Gasteiger partial charge in [-0.1, -0.05) is 20.8 Å². The molecule has 8 nitrogen and oxygen atoms in total. The number of nitrogens with one attached hydrogen (secondary N) is 1. The number of carbonyl (C=O) groups excluding carboxylic acids is 1. The first-order chi connectivity index (χ1) is 15.8. The van der Waals surface area contributed by atoms with Crippen LogP contribution in [0.4, 0.5) is 0 Å². The molecule has 2 aromatic rings. The Bertz CT molecular complexity index is 1150. The van der Waals surface area contributed by atoms with Crippen molar-refractivity contribution in [3.63, 3.8) is 0 Å². The van der Waals surface area contributed by atoms with E-state index in [-0.39, 0.29) is 23.6 Å². The molecule has 1 aliphatic rings. The number of nitrogens with zero attached hydrogens (tertiary/aromatic N) is 2. The van der Waals surface area contributed by atoms with E-state index < -0.39 is 12.1 Å². The molecule has 0 aliphatic carbocycles. The highest BCUT2D eigenvalue weighted by Crippen LogP contribution is 2.34. The average molecular weight is 468 g/mol. The number of Topliss-reactive ketones (excluding diaryl/α,β-unsaturated/α-hetero) is 1. The maximum Gasteiger partial charge on any atom is 0.344 e. The molecule has 0 fully saturated rings. The summed E-state index contributed by atoms with van der Waals surface area (Å²) < 4.78 is 11.4. The van der Waals surface area contributed by atoms with Crippen molar-refractivity contribution in [3.8, 4) is 11.5 Å². The Morgan fingerprint density at radius 1 is 1.26 bits per heavy atom. The highest BCUT2D eigenvalue weighted by Gasteiger charge is 2.31. The molecule has 0 saturated heterocycles. The van der Waals surface area contributed by atoms with Crippen LogP contribution in [0.25, 0.3) is 0 Å². The number of carboxylic acid groups (broad SMARTS) is 1. The van der Waals surface area contributed by atoms with Crippen molar-refractivity contribution < 1.29 is 24.2 Å². The van der Waals surface area contributed by atoms with Crippen LogP contribution in [-0.2, 0) is 16.8 Å². The van der Waals surface area contributed by atoms with E-state index in [4.69, 9.17) is 14.9 Å². The van der Waals surface area contributed by atoms with Crippen LogP contribution in [-0.4, -0.2) is 51.8 Å². The third-order valence-electron chi connectivity index (χ3n) is 5.96. The van der Waals surface area contributed by atoms with E-state index in [1.165, 1.54) is 6.92 Å². The first kappa shape index (κ1) is 25.2. The summed E-state index contributed by atoms with van der Waals surface area (Å²) in [4.78, 5) is 30.8. The van der Waals surface area contributed by atoms with Crippen molar-refractivity contribution in [1.29, 1.82) is 5.41 Å². The van der Waals surface area contributed by atoms with Gasteiger partial charge < -0.3 is 19.5 Å². The van der Waals surface area contributed by atoms with Crippen molar-refractivity contribution in [1.82, 2.24) is 9.88 Å².